The van der Waals surface area contributed by atoms with Gasteiger partial charge in [0.05, 0.1) is 10.6 Å². The number of sulfone groups is 1. The van der Waals surface area contributed by atoms with Crippen molar-refractivity contribution >= 4 is 37.5 Å². The molecule has 0 N–H and O–H groups in total. The lowest BCUT2D eigenvalue weighted by atomic mass is 10.3. The lowest BCUT2D eigenvalue weighted by molar-refractivity contribution is 0.565. The predicted molar refractivity (Wildman–Crippen MR) is 55.0 cm³/mol. The van der Waals surface area contributed by atoms with Crippen LogP contribution in [0.15, 0.2) is 32.6 Å². The Labute approximate surface area is 89.7 Å². The fourth-order valence-electron chi connectivity index (χ4n) is 0.858. The highest BCUT2D eigenvalue weighted by Gasteiger charge is 2.08. The first-order valence-corrected chi connectivity index (χ1v) is 6.21. The largest absolute Gasteiger partial charge is 0.240 e. The Morgan fingerprint density at radius 3 is 2.50 bits per heavy atom. The molecule has 0 aliphatic rings. The van der Waals surface area contributed by atoms with E-state index in [1.54, 1.807) is 0 Å². The number of isocyanates is 1. The molecule has 1 rings (SSSR count). The van der Waals surface area contributed by atoms with E-state index in [9.17, 15) is 13.2 Å². The first kappa shape index (κ1) is 11.1. The van der Waals surface area contributed by atoms with Gasteiger partial charge in [0.1, 0.15) is 0 Å². The molecule has 1 aromatic rings. The number of halogens is 1. The van der Waals surface area contributed by atoms with Gasteiger partial charge < -0.3 is 0 Å². The van der Waals surface area contributed by atoms with Gasteiger partial charge in [-0.05, 0) is 34.1 Å². The highest BCUT2D eigenvalue weighted by molar-refractivity contribution is 9.10. The number of rotatable bonds is 2. The molecule has 0 amide bonds. The molecule has 6 heteroatoms. The van der Waals surface area contributed by atoms with Crippen LogP contribution in [0.2, 0.25) is 0 Å². The molecule has 4 nitrogen and oxygen atoms in total. The molecule has 74 valence electrons. The van der Waals surface area contributed by atoms with E-state index in [-0.39, 0.29) is 4.90 Å². The molecule has 0 radical (unpaired) electrons. The van der Waals surface area contributed by atoms with Gasteiger partial charge in [-0.25, -0.2) is 13.2 Å². The van der Waals surface area contributed by atoms with Crippen molar-refractivity contribution in [2.24, 2.45) is 4.99 Å². The maximum absolute atomic E-state index is 11.1. The molecule has 0 atom stereocenters. The summed E-state index contributed by atoms with van der Waals surface area (Å²) in [5.41, 5.74) is 0.354. The van der Waals surface area contributed by atoms with Crippen LogP contribution in [0.25, 0.3) is 0 Å². The smallest absolute Gasteiger partial charge is 0.224 e. The first-order valence-electron chi connectivity index (χ1n) is 3.52. The molecule has 0 aliphatic heterocycles. The second-order valence-electron chi connectivity index (χ2n) is 2.59. The third-order valence-corrected chi connectivity index (χ3v) is 3.26. The Balaban J connectivity index is 3.33. The highest BCUT2D eigenvalue weighted by Crippen LogP contribution is 2.27. The van der Waals surface area contributed by atoms with E-state index in [1.165, 1.54) is 24.3 Å². The van der Waals surface area contributed by atoms with E-state index in [1.807, 2.05) is 0 Å². The number of hydrogen-bond acceptors (Lipinski definition) is 4. The zero-order valence-corrected chi connectivity index (χ0v) is 9.59. The molecule has 1 aromatic carbocycles. The second kappa shape index (κ2) is 4.04. The average molecular weight is 276 g/mol. The summed E-state index contributed by atoms with van der Waals surface area (Å²) >= 11 is 3.10. The van der Waals surface area contributed by atoms with E-state index in [4.69, 9.17) is 0 Å². The second-order valence-corrected chi connectivity index (χ2v) is 5.46. The van der Waals surface area contributed by atoms with Crippen molar-refractivity contribution in [2.45, 2.75) is 4.90 Å². The molecular weight excluding hydrogens is 270 g/mol. The minimum Gasteiger partial charge on any atom is -0.224 e. The van der Waals surface area contributed by atoms with Crippen molar-refractivity contribution in [1.29, 1.82) is 0 Å². The van der Waals surface area contributed by atoms with Gasteiger partial charge in [-0.15, -0.1) is 0 Å². The fourth-order valence-corrected chi connectivity index (χ4v) is 2.12. The Hall–Kier alpha value is -0.970. The Bertz CT molecular complexity index is 503. The van der Waals surface area contributed by atoms with E-state index in [0.29, 0.717) is 10.2 Å². The molecule has 0 heterocycles. The van der Waals surface area contributed by atoms with Crippen molar-refractivity contribution in [2.75, 3.05) is 6.26 Å². The first-order chi connectivity index (χ1) is 6.45. The van der Waals surface area contributed by atoms with Crippen LogP contribution < -0.4 is 0 Å². The predicted octanol–water partition coefficient (Wildman–Crippen LogP) is 1.82. The molecule has 0 aromatic heterocycles. The van der Waals surface area contributed by atoms with Crippen LogP contribution in [0.1, 0.15) is 0 Å². The van der Waals surface area contributed by atoms with Gasteiger partial charge in [-0.2, -0.15) is 4.99 Å². The number of hydrogen-bond donors (Lipinski definition) is 0. The van der Waals surface area contributed by atoms with Crippen LogP contribution in [0.5, 0.6) is 0 Å². The van der Waals surface area contributed by atoms with Crippen LogP contribution in [0, 0.1) is 0 Å². The zero-order chi connectivity index (χ0) is 10.8. The van der Waals surface area contributed by atoms with Crippen molar-refractivity contribution < 1.29 is 13.2 Å². The van der Waals surface area contributed by atoms with Crippen LogP contribution in [-0.4, -0.2) is 20.8 Å². The lowest BCUT2D eigenvalue weighted by Gasteiger charge is -2.00. The van der Waals surface area contributed by atoms with Gasteiger partial charge in [-0.3, -0.25) is 0 Å². The third kappa shape index (κ3) is 2.51. The van der Waals surface area contributed by atoms with Crippen LogP contribution in [0.4, 0.5) is 5.69 Å². The maximum Gasteiger partial charge on any atom is 0.240 e. The van der Waals surface area contributed by atoms with Gasteiger partial charge >= 0.3 is 0 Å². The molecule has 0 bridgehead atoms. The molecule has 0 unspecified atom stereocenters. The van der Waals surface area contributed by atoms with E-state index in [0.717, 1.165) is 6.26 Å². The molecular formula is C8H6BrNO3S. The SMILES string of the molecule is CS(=O)(=O)c1ccc(N=C=O)c(Br)c1. The van der Waals surface area contributed by atoms with E-state index < -0.39 is 9.84 Å². The number of aliphatic imine (C=N–C) groups is 1. The summed E-state index contributed by atoms with van der Waals surface area (Å²) in [6.07, 6.45) is 2.49. The number of carbonyl (C=O) groups excluding carboxylic acids is 1. The summed E-state index contributed by atoms with van der Waals surface area (Å²) in [5.74, 6) is 0. The van der Waals surface area contributed by atoms with Gasteiger partial charge in [0.25, 0.3) is 0 Å². The van der Waals surface area contributed by atoms with Crippen molar-refractivity contribution in [3.63, 3.8) is 0 Å². The molecule has 0 fully saturated rings. The minimum absolute atomic E-state index is 0.175. The summed E-state index contributed by atoms with van der Waals surface area (Å²) in [4.78, 5) is 13.5. The molecule has 0 spiro atoms. The summed E-state index contributed by atoms with van der Waals surface area (Å²) in [7, 11) is -3.23. The van der Waals surface area contributed by atoms with Crippen LogP contribution in [-0.2, 0) is 14.6 Å². The quantitative estimate of drug-likeness (QED) is 0.611. The van der Waals surface area contributed by atoms with E-state index in [2.05, 4.69) is 20.9 Å². The zero-order valence-electron chi connectivity index (χ0n) is 7.19. The standard InChI is InChI=1S/C8H6BrNO3S/c1-14(12,13)6-2-3-8(10-5-11)7(9)4-6/h2-4H,1H3. The number of nitrogens with zero attached hydrogens (tertiary/aromatic N) is 1. The highest BCUT2D eigenvalue weighted by atomic mass is 79.9. The summed E-state index contributed by atoms with van der Waals surface area (Å²) in [6.45, 7) is 0. The van der Waals surface area contributed by atoms with Crippen molar-refractivity contribution in [3.05, 3.63) is 22.7 Å². The Kier molecular flexibility index (Phi) is 3.21. The average Bonchev–Trinajstić information content (AvgIpc) is 2.07. The Morgan fingerprint density at radius 2 is 2.07 bits per heavy atom. The molecule has 0 aliphatic carbocycles. The van der Waals surface area contributed by atoms with Crippen molar-refractivity contribution in [3.8, 4) is 0 Å². The Morgan fingerprint density at radius 1 is 1.43 bits per heavy atom. The monoisotopic (exact) mass is 275 g/mol. The van der Waals surface area contributed by atoms with Gasteiger partial charge in [-0.1, -0.05) is 0 Å². The normalized spacial score (nSPS) is 10.7. The molecule has 14 heavy (non-hydrogen) atoms. The fraction of sp³-hybridized carbons (Fsp3) is 0.125. The lowest BCUT2D eigenvalue weighted by Crippen LogP contribution is -1.96. The topological polar surface area (TPSA) is 63.6 Å². The van der Waals surface area contributed by atoms with Crippen LogP contribution >= 0.6 is 15.9 Å². The van der Waals surface area contributed by atoms with E-state index >= 15 is 0 Å². The summed E-state index contributed by atoms with van der Waals surface area (Å²) in [5, 5.41) is 0. The third-order valence-electron chi connectivity index (χ3n) is 1.51. The molecule has 0 saturated heterocycles. The number of benzene rings is 1. The molecule has 0 saturated carbocycles. The maximum atomic E-state index is 11.1. The minimum atomic E-state index is -3.23. The van der Waals surface area contributed by atoms with Gasteiger partial charge in [0.2, 0.25) is 6.08 Å². The summed E-state index contributed by atoms with van der Waals surface area (Å²) < 4.78 is 22.7. The van der Waals surface area contributed by atoms with Gasteiger partial charge in [0, 0.05) is 10.7 Å². The summed E-state index contributed by atoms with van der Waals surface area (Å²) in [6, 6.07) is 4.22. The van der Waals surface area contributed by atoms with Crippen LogP contribution in [0.3, 0.4) is 0 Å². The van der Waals surface area contributed by atoms with Gasteiger partial charge in [0.15, 0.2) is 9.84 Å². The van der Waals surface area contributed by atoms with Crippen molar-refractivity contribution in [1.82, 2.24) is 0 Å².